The third-order valence-corrected chi connectivity index (χ3v) is 7.01. The topological polar surface area (TPSA) is 111 Å². The maximum absolute atomic E-state index is 13.1. The van der Waals surface area contributed by atoms with Gasteiger partial charge in [0.05, 0.1) is 34.4 Å². The van der Waals surface area contributed by atoms with Crippen LogP contribution in [0.2, 0.25) is 0 Å². The highest BCUT2D eigenvalue weighted by Crippen LogP contribution is 2.28. The lowest BCUT2D eigenvalue weighted by atomic mass is 10.1. The van der Waals surface area contributed by atoms with Gasteiger partial charge in [-0.1, -0.05) is 12.1 Å². The summed E-state index contributed by atoms with van der Waals surface area (Å²) in [6.45, 7) is 4.95. The number of hydrogen-bond acceptors (Lipinski definition) is 7. The Bertz CT molecular complexity index is 1310. The van der Waals surface area contributed by atoms with Gasteiger partial charge in [0, 0.05) is 13.1 Å². The summed E-state index contributed by atoms with van der Waals surface area (Å²) in [7, 11) is 0. The maximum Gasteiger partial charge on any atom is 0.340 e. The van der Waals surface area contributed by atoms with E-state index in [0.717, 1.165) is 30.6 Å². The van der Waals surface area contributed by atoms with Crippen LogP contribution >= 0.6 is 11.3 Å². The van der Waals surface area contributed by atoms with E-state index in [1.807, 2.05) is 0 Å². The van der Waals surface area contributed by atoms with Crippen molar-refractivity contribution in [3.63, 3.8) is 0 Å². The average Bonchev–Trinajstić information content (AvgIpc) is 3.19. The Balaban J connectivity index is 1.60. The molecule has 0 unspecified atom stereocenters. The minimum Gasteiger partial charge on any atom is -0.462 e. The summed E-state index contributed by atoms with van der Waals surface area (Å²) in [6.07, 6.45) is 4.42. The summed E-state index contributed by atoms with van der Waals surface area (Å²) < 4.78 is 6.36. The van der Waals surface area contributed by atoms with Crippen molar-refractivity contribution in [2.75, 3.05) is 25.0 Å². The van der Waals surface area contributed by atoms with Crippen molar-refractivity contribution in [1.29, 1.82) is 0 Å². The van der Waals surface area contributed by atoms with Crippen LogP contribution in [0.1, 0.15) is 51.8 Å². The summed E-state index contributed by atoms with van der Waals surface area (Å²) >= 11 is 1.10. The number of anilines is 1. The van der Waals surface area contributed by atoms with Crippen LogP contribution in [0, 0.1) is 6.92 Å². The number of aromatic nitrogens is 2. The maximum atomic E-state index is 13.1. The van der Waals surface area contributed by atoms with E-state index >= 15 is 0 Å². The van der Waals surface area contributed by atoms with Gasteiger partial charge in [0.1, 0.15) is 11.4 Å². The van der Waals surface area contributed by atoms with Gasteiger partial charge in [0.15, 0.2) is 0 Å². The normalized spacial score (nSPS) is 13.6. The molecule has 0 bridgehead atoms. The van der Waals surface area contributed by atoms with Crippen LogP contribution in [-0.4, -0.2) is 51.9 Å². The van der Waals surface area contributed by atoms with Crippen molar-refractivity contribution < 1.29 is 19.1 Å². The fourth-order valence-electron chi connectivity index (χ4n) is 4.04. The van der Waals surface area contributed by atoms with E-state index in [-0.39, 0.29) is 30.2 Å². The smallest absolute Gasteiger partial charge is 0.340 e. The van der Waals surface area contributed by atoms with Crippen LogP contribution in [0.4, 0.5) is 5.69 Å². The number of carbonyl (C=O) groups excluding carboxylic acids is 3. The quantitative estimate of drug-likeness (QED) is 0.540. The van der Waals surface area contributed by atoms with E-state index in [9.17, 15) is 19.2 Å². The summed E-state index contributed by atoms with van der Waals surface area (Å²) in [6, 6.07) is 6.58. The van der Waals surface area contributed by atoms with Gasteiger partial charge in [-0.05, 0) is 50.8 Å². The highest BCUT2D eigenvalue weighted by Gasteiger charge is 2.23. The van der Waals surface area contributed by atoms with E-state index in [1.165, 1.54) is 10.9 Å². The fraction of sp³-hybridized carbons (Fsp3) is 0.375. The molecule has 178 valence electrons. The first kappa shape index (κ1) is 23.6. The summed E-state index contributed by atoms with van der Waals surface area (Å²) in [4.78, 5) is 57.9. The Morgan fingerprint density at radius 1 is 1.15 bits per heavy atom. The molecule has 10 heteroatoms. The van der Waals surface area contributed by atoms with Gasteiger partial charge in [-0.3, -0.25) is 19.0 Å². The van der Waals surface area contributed by atoms with Gasteiger partial charge in [-0.2, -0.15) is 0 Å². The molecule has 1 fully saturated rings. The lowest BCUT2D eigenvalue weighted by Crippen LogP contribution is -2.39. The van der Waals surface area contributed by atoms with E-state index in [2.05, 4.69) is 10.3 Å². The Kier molecular flexibility index (Phi) is 7.06. The third-order valence-electron chi connectivity index (χ3n) is 5.81. The third kappa shape index (κ3) is 4.72. The number of esters is 1. The summed E-state index contributed by atoms with van der Waals surface area (Å²) in [5.41, 5.74) is 0.701. The van der Waals surface area contributed by atoms with Gasteiger partial charge < -0.3 is 15.0 Å². The Hall–Kier alpha value is -3.53. The molecule has 9 nitrogen and oxygen atoms in total. The van der Waals surface area contributed by atoms with Gasteiger partial charge in [0.2, 0.25) is 5.91 Å². The number of nitrogens with one attached hydrogen (secondary N) is 1. The number of benzene rings is 1. The summed E-state index contributed by atoms with van der Waals surface area (Å²) in [5, 5.41) is 3.07. The number of piperidine rings is 1. The number of fused-ring (bicyclic) bond motifs is 1. The van der Waals surface area contributed by atoms with Crippen LogP contribution in [0.3, 0.4) is 0 Å². The monoisotopic (exact) mass is 482 g/mol. The van der Waals surface area contributed by atoms with Gasteiger partial charge in [-0.15, -0.1) is 11.3 Å². The van der Waals surface area contributed by atoms with Crippen molar-refractivity contribution in [3.05, 3.63) is 57.0 Å². The molecule has 0 saturated carbocycles. The highest BCUT2D eigenvalue weighted by molar-refractivity contribution is 7.20. The molecule has 1 N–H and O–H groups in total. The molecular formula is C24H26N4O5S. The van der Waals surface area contributed by atoms with Crippen LogP contribution in [0.5, 0.6) is 0 Å². The van der Waals surface area contributed by atoms with Crippen LogP contribution in [0.15, 0.2) is 35.4 Å². The van der Waals surface area contributed by atoms with E-state index < -0.39 is 11.9 Å². The van der Waals surface area contributed by atoms with E-state index in [0.29, 0.717) is 39.4 Å². The predicted octanol–water partition coefficient (Wildman–Crippen LogP) is 3.21. The van der Waals surface area contributed by atoms with Crippen molar-refractivity contribution in [3.8, 4) is 0 Å². The zero-order valence-corrected chi connectivity index (χ0v) is 19.9. The second kappa shape index (κ2) is 10.2. The second-order valence-corrected chi connectivity index (χ2v) is 9.07. The van der Waals surface area contributed by atoms with Crippen LogP contribution in [-0.2, 0) is 16.1 Å². The number of thiophene rings is 1. The molecule has 2 aromatic heterocycles. The lowest BCUT2D eigenvalue weighted by molar-refractivity contribution is -0.132. The van der Waals surface area contributed by atoms with Crippen LogP contribution < -0.4 is 10.9 Å². The number of para-hydroxylation sites is 1. The molecule has 1 aliphatic rings. The molecule has 0 aliphatic carbocycles. The average molecular weight is 483 g/mol. The van der Waals surface area contributed by atoms with Gasteiger partial charge in [-0.25, -0.2) is 9.78 Å². The number of carbonyl (C=O) groups is 3. The van der Waals surface area contributed by atoms with Crippen LogP contribution in [0.25, 0.3) is 10.2 Å². The largest absolute Gasteiger partial charge is 0.462 e. The van der Waals surface area contributed by atoms with Crippen molar-refractivity contribution >= 4 is 45.0 Å². The van der Waals surface area contributed by atoms with Gasteiger partial charge >= 0.3 is 5.97 Å². The molecular weight excluding hydrogens is 456 g/mol. The molecule has 0 radical (unpaired) electrons. The molecule has 1 aromatic carbocycles. The molecule has 3 aromatic rings. The predicted molar refractivity (Wildman–Crippen MR) is 129 cm³/mol. The molecule has 1 aliphatic heterocycles. The van der Waals surface area contributed by atoms with Crippen molar-refractivity contribution in [2.45, 2.75) is 39.7 Å². The first-order chi connectivity index (χ1) is 16.4. The number of aryl methyl sites for hydroxylation is 1. The second-order valence-electron chi connectivity index (χ2n) is 8.08. The Morgan fingerprint density at radius 3 is 2.62 bits per heavy atom. The number of nitrogens with zero attached hydrogens (tertiary/aromatic N) is 3. The van der Waals surface area contributed by atoms with Crippen molar-refractivity contribution in [1.82, 2.24) is 14.5 Å². The first-order valence-corrected chi connectivity index (χ1v) is 12.1. The Morgan fingerprint density at radius 2 is 1.88 bits per heavy atom. The number of ether oxygens (including phenoxy) is 1. The number of hydrogen-bond donors (Lipinski definition) is 1. The number of rotatable bonds is 6. The minimum absolute atomic E-state index is 0.0779. The molecule has 3 heterocycles. The van der Waals surface area contributed by atoms with E-state index in [4.69, 9.17) is 4.74 Å². The molecule has 1 saturated heterocycles. The zero-order valence-electron chi connectivity index (χ0n) is 19.1. The van der Waals surface area contributed by atoms with E-state index in [1.54, 1.807) is 43.0 Å². The molecule has 4 rings (SSSR count). The fourth-order valence-corrected chi connectivity index (χ4v) is 5.07. The zero-order chi connectivity index (χ0) is 24.2. The van der Waals surface area contributed by atoms with Crippen molar-refractivity contribution in [2.24, 2.45) is 0 Å². The molecule has 34 heavy (non-hydrogen) atoms. The minimum atomic E-state index is -0.533. The number of amides is 2. The SMILES string of the molecule is CCOC(=O)c1ccccc1NC(=O)c1sc2ncn(CC(=O)N3CCCCC3)c(=O)c2c1C. The highest BCUT2D eigenvalue weighted by atomic mass is 32.1. The molecule has 2 amide bonds. The number of likely N-dealkylation sites (tertiary alicyclic amines) is 1. The Labute approximate surface area is 200 Å². The standard InChI is InChI=1S/C24H26N4O5S/c1-3-33-24(32)16-9-5-6-10-17(16)26-21(30)20-15(2)19-22(34-20)25-14-28(23(19)31)13-18(29)27-11-7-4-8-12-27/h5-6,9-10,14H,3-4,7-8,11-13H2,1-2H3,(H,26,30). The lowest BCUT2D eigenvalue weighted by Gasteiger charge is -2.26. The molecule has 0 spiro atoms. The summed E-state index contributed by atoms with van der Waals surface area (Å²) in [5.74, 6) is -1.09. The molecule has 0 atom stereocenters. The first-order valence-electron chi connectivity index (χ1n) is 11.2. The van der Waals surface area contributed by atoms with Gasteiger partial charge in [0.25, 0.3) is 11.5 Å².